The molecule has 0 radical (unpaired) electrons. The third-order valence-electron chi connectivity index (χ3n) is 9.31. The Kier molecular flexibility index (Phi) is 10.9. The molecule has 10 nitrogen and oxygen atoms in total. The van der Waals surface area contributed by atoms with E-state index < -0.39 is 36.5 Å². The Morgan fingerprint density at radius 2 is 1.11 bits per heavy atom. The number of hydrogen-bond donors (Lipinski definition) is 2. The lowest BCUT2D eigenvalue weighted by atomic mass is 9.63. The summed E-state index contributed by atoms with van der Waals surface area (Å²) in [7, 11) is -7.26. The van der Waals surface area contributed by atoms with Gasteiger partial charge in [0.2, 0.25) is 25.6 Å². The fraction of sp³-hybridized carbons (Fsp3) is 0.412. The summed E-state index contributed by atoms with van der Waals surface area (Å²) in [5.41, 5.74) is 0.104. The molecule has 3 fully saturated rings. The van der Waals surface area contributed by atoms with Crippen LogP contribution >= 0.6 is 0 Å². The highest BCUT2D eigenvalue weighted by Crippen LogP contribution is 2.45. The van der Waals surface area contributed by atoms with Gasteiger partial charge in [-0.25, -0.2) is 16.8 Å². The van der Waals surface area contributed by atoms with Gasteiger partial charge in [-0.1, -0.05) is 56.4 Å². The molecule has 3 aliphatic carbocycles. The number of hydrogen-bond acceptors (Lipinski definition) is 8. The second kappa shape index (κ2) is 14.4. The van der Waals surface area contributed by atoms with Gasteiger partial charge in [-0.2, -0.15) is 10.5 Å². The Morgan fingerprint density at radius 3 is 1.46 bits per heavy atom. The Bertz CT molecular complexity index is 1790. The van der Waals surface area contributed by atoms with Crippen LogP contribution in [0.3, 0.4) is 0 Å². The summed E-state index contributed by atoms with van der Waals surface area (Å²) in [4.78, 5) is 24.5. The fourth-order valence-electron chi connectivity index (χ4n) is 6.23. The van der Waals surface area contributed by atoms with Gasteiger partial charge in [0, 0.05) is 29.0 Å². The normalized spacial score (nSPS) is 19.0. The second-order valence-corrected chi connectivity index (χ2v) is 15.7. The molecule has 0 spiro atoms. The summed E-state index contributed by atoms with van der Waals surface area (Å²) in [5.74, 6) is -0.792. The molecule has 0 heterocycles. The van der Waals surface area contributed by atoms with Crippen LogP contribution in [0, 0.1) is 22.7 Å². The molecular weight excluding hydrogens is 627 g/mol. The average Bonchev–Trinajstić information content (AvgIpc) is 2.99. The Balaban J connectivity index is 0.000000216. The third-order valence-corrected chi connectivity index (χ3v) is 12.2. The van der Waals surface area contributed by atoms with E-state index in [0.717, 1.165) is 67.1 Å². The number of carbonyl (C=O) groups excluding carboxylic acids is 1. The number of carboxylic acids is 1. The Morgan fingerprint density at radius 1 is 0.696 bits per heavy atom. The van der Waals surface area contributed by atoms with Crippen LogP contribution in [0.5, 0.6) is 0 Å². The number of nitriles is 2. The lowest BCUT2D eigenvalue weighted by molar-refractivity contribution is -0.147. The van der Waals surface area contributed by atoms with Crippen LogP contribution < -0.4 is 5.32 Å². The van der Waals surface area contributed by atoms with Gasteiger partial charge < -0.3 is 10.4 Å². The number of carbonyl (C=O) groups is 2. The van der Waals surface area contributed by atoms with Crippen LogP contribution in [0.2, 0.25) is 0 Å². The topological polar surface area (TPSA) is 182 Å². The van der Waals surface area contributed by atoms with E-state index in [1.165, 1.54) is 43.5 Å². The van der Waals surface area contributed by atoms with Gasteiger partial charge in [-0.3, -0.25) is 9.59 Å². The van der Waals surface area contributed by atoms with Crippen molar-refractivity contribution in [2.75, 3.05) is 0 Å². The van der Waals surface area contributed by atoms with Gasteiger partial charge in [0.1, 0.15) is 0 Å². The van der Waals surface area contributed by atoms with Gasteiger partial charge in [-0.05, 0) is 73.9 Å². The van der Waals surface area contributed by atoms with Crippen molar-refractivity contribution >= 4 is 31.6 Å². The highest BCUT2D eigenvalue weighted by Gasteiger charge is 2.47. The highest BCUT2D eigenvalue weighted by molar-refractivity contribution is 7.94. The van der Waals surface area contributed by atoms with Crippen LogP contribution in [0.1, 0.15) is 81.8 Å². The van der Waals surface area contributed by atoms with Crippen molar-refractivity contribution in [3.8, 4) is 12.1 Å². The average molecular weight is 664 g/mol. The molecule has 0 saturated heterocycles. The molecule has 3 saturated carbocycles. The van der Waals surface area contributed by atoms with E-state index in [-0.39, 0.29) is 21.7 Å². The predicted molar refractivity (Wildman–Crippen MR) is 170 cm³/mol. The number of rotatable bonds is 9. The molecule has 2 aromatic carbocycles. The summed E-state index contributed by atoms with van der Waals surface area (Å²) >= 11 is 0. The summed E-state index contributed by atoms with van der Waals surface area (Å²) in [6.07, 6.45) is 12.1. The van der Waals surface area contributed by atoms with E-state index in [4.69, 9.17) is 10.5 Å². The summed E-state index contributed by atoms with van der Waals surface area (Å²) in [5, 5.41) is 31.2. The molecule has 0 bridgehead atoms. The predicted octanol–water partition coefficient (Wildman–Crippen LogP) is 5.37. The molecule has 242 valence electrons. The summed E-state index contributed by atoms with van der Waals surface area (Å²) in [6.45, 7) is 0. The number of nitrogens with zero attached hydrogens (tertiary/aromatic N) is 2. The van der Waals surface area contributed by atoms with Crippen molar-refractivity contribution in [2.24, 2.45) is 0 Å². The smallest absolute Gasteiger partial charge is 0.314 e. The maximum absolute atomic E-state index is 13.0. The second-order valence-electron chi connectivity index (χ2n) is 12.0. The van der Waals surface area contributed by atoms with Crippen LogP contribution in [0.25, 0.3) is 0 Å². The number of amides is 1. The molecule has 2 aromatic rings. The summed E-state index contributed by atoms with van der Waals surface area (Å²) in [6, 6.07) is 16.0. The first kappa shape index (κ1) is 34.6. The number of aliphatic carboxylic acids is 1. The van der Waals surface area contributed by atoms with Gasteiger partial charge in [0.25, 0.3) is 0 Å². The van der Waals surface area contributed by atoms with Gasteiger partial charge in [-0.15, -0.1) is 0 Å². The minimum absolute atomic E-state index is 0.0487. The quantitative estimate of drug-likeness (QED) is 0.333. The standard InChI is InChI=1S/C20H24N2O3S.C14H13NO4S/c21-14-5-15-26(24,25)18-10-8-16(9-11-18)20(12-4-13-20)19(23)22-17-6-2-1-3-7-17;15-9-2-10-20(18,19)12-5-3-11(4-6-12)14(13(16)17)7-1-8-14/h5,8-11,15,17H,1-4,6-7,12-13H2,(H,22,23);2-6,10H,1,7-8H2,(H,16,17)/b15-5+;10-2+. The Hall–Kier alpha value is -4.26. The molecule has 12 heteroatoms. The largest absolute Gasteiger partial charge is 0.481 e. The SMILES string of the molecule is N#C/C=C/S(=O)(=O)c1ccc(C2(C(=O)NC3CCCCC3)CCC2)cc1.N#C/C=C/S(=O)(=O)c1ccc(C2(C(=O)O)CCC2)cc1. The number of carboxylic acid groups (broad SMARTS) is 1. The zero-order valence-corrected chi connectivity index (χ0v) is 27.0. The highest BCUT2D eigenvalue weighted by atomic mass is 32.2. The van der Waals surface area contributed by atoms with Gasteiger partial charge in [0.05, 0.1) is 32.8 Å². The van der Waals surface area contributed by atoms with Crippen molar-refractivity contribution in [3.63, 3.8) is 0 Å². The lowest BCUT2D eigenvalue weighted by Crippen LogP contribution is -2.52. The molecule has 46 heavy (non-hydrogen) atoms. The number of benzene rings is 2. The molecule has 2 N–H and O–H groups in total. The van der Waals surface area contributed by atoms with E-state index in [1.54, 1.807) is 36.4 Å². The zero-order valence-electron chi connectivity index (χ0n) is 25.4. The van der Waals surface area contributed by atoms with Gasteiger partial charge >= 0.3 is 5.97 Å². The third kappa shape index (κ3) is 7.41. The number of allylic oxidation sites excluding steroid dienone is 2. The fourth-order valence-corrected chi connectivity index (χ4v) is 8.05. The minimum Gasteiger partial charge on any atom is -0.481 e. The number of nitrogens with one attached hydrogen (secondary N) is 1. The molecular formula is C34H37N3O7S2. The first-order valence-corrected chi connectivity index (χ1v) is 18.4. The lowest BCUT2D eigenvalue weighted by Gasteiger charge is -2.42. The van der Waals surface area contributed by atoms with E-state index in [2.05, 4.69) is 5.32 Å². The van der Waals surface area contributed by atoms with Crippen molar-refractivity contribution in [1.82, 2.24) is 5.32 Å². The van der Waals surface area contributed by atoms with Crippen LogP contribution in [-0.4, -0.2) is 39.9 Å². The molecule has 1 amide bonds. The van der Waals surface area contributed by atoms with Crippen LogP contribution in [-0.2, 0) is 40.1 Å². The van der Waals surface area contributed by atoms with Crippen molar-refractivity contribution in [3.05, 3.63) is 82.6 Å². The number of sulfone groups is 2. The molecule has 0 aromatic heterocycles. The zero-order chi connectivity index (χ0) is 33.4. The van der Waals surface area contributed by atoms with Crippen LogP contribution in [0.4, 0.5) is 0 Å². The maximum Gasteiger partial charge on any atom is 0.314 e. The first-order valence-electron chi connectivity index (χ1n) is 15.3. The molecule has 3 aliphatic rings. The molecule has 5 rings (SSSR count). The van der Waals surface area contributed by atoms with Crippen molar-refractivity contribution in [2.45, 2.75) is 97.3 Å². The molecule has 0 aliphatic heterocycles. The van der Waals surface area contributed by atoms with Crippen molar-refractivity contribution < 1.29 is 31.5 Å². The van der Waals surface area contributed by atoms with Crippen LogP contribution in [0.15, 0.2) is 81.3 Å². The van der Waals surface area contributed by atoms with E-state index in [9.17, 15) is 31.5 Å². The van der Waals surface area contributed by atoms with Crippen molar-refractivity contribution in [1.29, 1.82) is 10.5 Å². The van der Waals surface area contributed by atoms with E-state index in [0.29, 0.717) is 18.4 Å². The first-order chi connectivity index (χ1) is 21.9. The minimum atomic E-state index is -3.64. The molecule has 0 atom stereocenters. The monoisotopic (exact) mass is 663 g/mol. The molecule has 0 unspecified atom stereocenters. The Labute approximate surface area is 270 Å². The van der Waals surface area contributed by atoms with E-state index in [1.807, 2.05) is 0 Å². The van der Waals surface area contributed by atoms with Gasteiger partial charge in [0.15, 0.2) is 0 Å². The van der Waals surface area contributed by atoms with E-state index >= 15 is 0 Å². The summed E-state index contributed by atoms with van der Waals surface area (Å²) < 4.78 is 47.9. The maximum atomic E-state index is 13.0.